The largest absolute Gasteiger partial charge is 0.396 e. The van der Waals surface area contributed by atoms with Crippen LogP contribution < -0.4 is 5.73 Å². The summed E-state index contributed by atoms with van der Waals surface area (Å²) in [5.41, 5.74) is 6.56. The van der Waals surface area contributed by atoms with Crippen molar-refractivity contribution in [3.8, 4) is 11.3 Å². The first-order chi connectivity index (χ1) is 12.5. The Morgan fingerprint density at radius 2 is 2.08 bits per heavy atom. The van der Waals surface area contributed by atoms with E-state index in [4.69, 9.17) is 5.73 Å². The average molecular weight is 353 g/mol. The Kier molecular flexibility index (Phi) is 3.54. The Labute approximate surface area is 146 Å². The van der Waals surface area contributed by atoms with Crippen molar-refractivity contribution < 1.29 is 13.6 Å². The second kappa shape index (κ2) is 5.76. The van der Waals surface area contributed by atoms with Crippen molar-refractivity contribution >= 4 is 22.5 Å². The van der Waals surface area contributed by atoms with Crippen molar-refractivity contribution in [2.75, 3.05) is 5.73 Å². The molecule has 1 aromatic carbocycles. The van der Waals surface area contributed by atoms with Gasteiger partial charge in [0.2, 0.25) is 5.78 Å². The van der Waals surface area contributed by atoms with Crippen LogP contribution in [-0.4, -0.2) is 25.5 Å². The number of aryl methyl sites for hydroxylation is 1. The molecular formula is C18H13F2N5O. The number of aromatic nitrogens is 4. The van der Waals surface area contributed by atoms with Gasteiger partial charge in [0.15, 0.2) is 5.82 Å². The second-order valence-corrected chi connectivity index (χ2v) is 5.82. The van der Waals surface area contributed by atoms with E-state index in [1.165, 1.54) is 6.20 Å². The molecule has 0 radical (unpaired) electrons. The van der Waals surface area contributed by atoms with Crippen molar-refractivity contribution in [2.45, 2.75) is 0 Å². The molecule has 0 amide bonds. The first kappa shape index (κ1) is 15.9. The third-order valence-corrected chi connectivity index (χ3v) is 4.24. The molecule has 3 heterocycles. The lowest BCUT2D eigenvalue weighted by atomic mass is 10.0. The normalized spacial score (nSPS) is 11.2. The molecule has 0 aliphatic carbocycles. The fourth-order valence-corrected chi connectivity index (χ4v) is 2.90. The van der Waals surface area contributed by atoms with Gasteiger partial charge in [-0.3, -0.25) is 9.48 Å². The highest BCUT2D eigenvalue weighted by Crippen LogP contribution is 2.28. The molecule has 4 aromatic rings. The highest BCUT2D eigenvalue weighted by Gasteiger charge is 2.24. The third kappa shape index (κ3) is 2.34. The molecule has 3 N–H and O–H groups in total. The van der Waals surface area contributed by atoms with Crippen LogP contribution in [0, 0.1) is 11.6 Å². The van der Waals surface area contributed by atoms with E-state index >= 15 is 0 Å². The van der Waals surface area contributed by atoms with Crippen LogP contribution in [0.25, 0.3) is 22.3 Å². The molecule has 0 unspecified atom stereocenters. The maximum atomic E-state index is 14.2. The van der Waals surface area contributed by atoms with Gasteiger partial charge >= 0.3 is 0 Å². The van der Waals surface area contributed by atoms with Gasteiger partial charge in [-0.05, 0) is 24.3 Å². The zero-order valence-corrected chi connectivity index (χ0v) is 13.6. The minimum absolute atomic E-state index is 0.111. The van der Waals surface area contributed by atoms with E-state index < -0.39 is 23.0 Å². The number of nitrogen functional groups attached to an aromatic ring is 1. The molecule has 4 rings (SSSR count). The minimum atomic E-state index is -1.07. The first-order valence-electron chi connectivity index (χ1n) is 7.71. The lowest BCUT2D eigenvalue weighted by molar-refractivity contribution is 0.103. The number of nitrogens with zero attached hydrogens (tertiary/aromatic N) is 3. The summed E-state index contributed by atoms with van der Waals surface area (Å²) in [5.74, 6) is -2.84. The molecule has 8 heteroatoms. The number of carbonyl (C=O) groups is 1. The molecule has 0 saturated heterocycles. The van der Waals surface area contributed by atoms with Crippen LogP contribution in [0.2, 0.25) is 0 Å². The smallest absolute Gasteiger partial charge is 0.201 e. The number of ketones is 1. The minimum Gasteiger partial charge on any atom is -0.396 e. The van der Waals surface area contributed by atoms with E-state index in [0.29, 0.717) is 11.0 Å². The van der Waals surface area contributed by atoms with Gasteiger partial charge in [-0.2, -0.15) is 5.10 Å². The molecule has 26 heavy (non-hydrogen) atoms. The van der Waals surface area contributed by atoms with Gasteiger partial charge in [-0.25, -0.2) is 13.8 Å². The Balaban J connectivity index is 1.89. The number of H-pyrrole nitrogens is 1. The fourth-order valence-electron chi connectivity index (χ4n) is 2.90. The molecule has 3 aromatic heterocycles. The van der Waals surface area contributed by atoms with E-state index in [1.54, 1.807) is 36.3 Å². The van der Waals surface area contributed by atoms with E-state index in [-0.39, 0.29) is 11.3 Å². The van der Waals surface area contributed by atoms with Gasteiger partial charge < -0.3 is 10.7 Å². The maximum Gasteiger partial charge on any atom is 0.201 e. The Morgan fingerprint density at radius 3 is 2.81 bits per heavy atom. The van der Waals surface area contributed by atoms with E-state index in [2.05, 4.69) is 15.1 Å². The molecule has 0 aliphatic heterocycles. The Hall–Kier alpha value is -3.55. The van der Waals surface area contributed by atoms with Gasteiger partial charge in [-0.15, -0.1) is 0 Å². The zero-order chi connectivity index (χ0) is 18.4. The van der Waals surface area contributed by atoms with Crippen LogP contribution in [0.3, 0.4) is 0 Å². The number of anilines is 1. The van der Waals surface area contributed by atoms with Crippen LogP contribution in [0.15, 0.2) is 42.9 Å². The van der Waals surface area contributed by atoms with Crippen molar-refractivity contribution in [3.63, 3.8) is 0 Å². The van der Waals surface area contributed by atoms with Crippen LogP contribution in [0.4, 0.5) is 14.5 Å². The maximum absolute atomic E-state index is 14.2. The molecular weight excluding hydrogens is 340 g/mol. The first-order valence-corrected chi connectivity index (χ1v) is 7.71. The van der Waals surface area contributed by atoms with Crippen LogP contribution >= 0.6 is 0 Å². The number of hydrogen-bond donors (Lipinski definition) is 2. The summed E-state index contributed by atoms with van der Waals surface area (Å²) in [4.78, 5) is 19.9. The second-order valence-electron chi connectivity index (χ2n) is 5.82. The van der Waals surface area contributed by atoms with Crippen LogP contribution in [0.5, 0.6) is 0 Å². The van der Waals surface area contributed by atoms with E-state index in [9.17, 15) is 13.6 Å². The molecule has 0 fully saturated rings. The van der Waals surface area contributed by atoms with Crippen molar-refractivity contribution in [3.05, 3.63) is 65.6 Å². The van der Waals surface area contributed by atoms with Crippen LogP contribution in [-0.2, 0) is 7.05 Å². The lowest BCUT2D eigenvalue weighted by Crippen LogP contribution is -2.09. The SMILES string of the molecule is Cn1nccc1-c1cnc2[nH]cc(C(=O)c3c(F)ccc(N)c3F)c2c1. The summed E-state index contributed by atoms with van der Waals surface area (Å²) < 4.78 is 30.0. The molecule has 6 nitrogen and oxygen atoms in total. The highest BCUT2D eigenvalue weighted by molar-refractivity contribution is 6.16. The number of rotatable bonds is 3. The standard InChI is InChI=1S/C18H13F2N5O/c1-25-14(4-5-24-25)9-6-10-11(8-23-18(10)22-7-9)17(26)15-12(19)2-3-13(21)16(15)20/h2-8H,21H2,1H3,(H,22,23). The van der Waals surface area contributed by atoms with Crippen molar-refractivity contribution in [1.82, 2.24) is 19.7 Å². The topological polar surface area (TPSA) is 89.6 Å². The van der Waals surface area contributed by atoms with E-state index in [0.717, 1.165) is 23.4 Å². The van der Waals surface area contributed by atoms with Gasteiger partial charge in [0.1, 0.15) is 11.5 Å². The lowest BCUT2D eigenvalue weighted by Gasteiger charge is -2.06. The number of fused-ring (bicyclic) bond motifs is 1. The number of hydrogen-bond acceptors (Lipinski definition) is 4. The number of carbonyl (C=O) groups excluding carboxylic acids is 1. The highest BCUT2D eigenvalue weighted by atomic mass is 19.1. The third-order valence-electron chi connectivity index (χ3n) is 4.24. The monoisotopic (exact) mass is 353 g/mol. The summed E-state index contributed by atoms with van der Waals surface area (Å²) >= 11 is 0. The summed E-state index contributed by atoms with van der Waals surface area (Å²) in [6, 6.07) is 5.58. The van der Waals surface area contributed by atoms with Gasteiger partial charge in [0.25, 0.3) is 0 Å². The number of aromatic amines is 1. The summed E-state index contributed by atoms with van der Waals surface area (Å²) in [6.07, 6.45) is 4.65. The fraction of sp³-hybridized carbons (Fsp3) is 0.0556. The predicted octanol–water partition coefficient (Wildman–Crippen LogP) is 3.05. The Morgan fingerprint density at radius 1 is 1.27 bits per heavy atom. The number of nitrogens with two attached hydrogens (primary N) is 1. The predicted molar refractivity (Wildman–Crippen MR) is 92.5 cm³/mol. The molecule has 0 bridgehead atoms. The quantitative estimate of drug-likeness (QED) is 0.438. The summed E-state index contributed by atoms with van der Waals surface area (Å²) in [5, 5.41) is 4.55. The van der Waals surface area contributed by atoms with Crippen molar-refractivity contribution in [1.29, 1.82) is 0 Å². The zero-order valence-electron chi connectivity index (χ0n) is 13.6. The van der Waals surface area contributed by atoms with Crippen LogP contribution in [0.1, 0.15) is 15.9 Å². The molecule has 0 aliphatic rings. The van der Waals surface area contributed by atoms with Gasteiger partial charge in [0.05, 0.1) is 16.9 Å². The number of benzene rings is 1. The molecule has 0 spiro atoms. The average Bonchev–Trinajstić information content (AvgIpc) is 3.23. The summed E-state index contributed by atoms with van der Waals surface area (Å²) in [6.45, 7) is 0. The van der Waals surface area contributed by atoms with Gasteiger partial charge in [-0.1, -0.05) is 0 Å². The van der Waals surface area contributed by atoms with Gasteiger partial charge in [0, 0.05) is 42.2 Å². The van der Waals surface area contributed by atoms with Crippen molar-refractivity contribution in [2.24, 2.45) is 7.05 Å². The molecule has 0 atom stereocenters. The Bertz CT molecular complexity index is 1160. The summed E-state index contributed by atoms with van der Waals surface area (Å²) in [7, 11) is 1.78. The van der Waals surface area contributed by atoms with E-state index in [1.807, 2.05) is 0 Å². The number of halogens is 2. The molecule has 0 saturated carbocycles. The number of nitrogens with one attached hydrogen (secondary N) is 1. The number of pyridine rings is 1. The molecule has 130 valence electrons.